The van der Waals surface area contributed by atoms with Crippen molar-refractivity contribution in [3.05, 3.63) is 30.3 Å². The summed E-state index contributed by atoms with van der Waals surface area (Å²) in [7, 11) is 1.35. The van der Waals surface area contributed by atoms with E-state index in [0.717, 1.165) is 17.7 Å². The normalized spacial score (nSPS) is 37.1. The molecule has 5 heteroatoms. The van der Waals surface area contributed by atoms with Gasteiger partial charge in [-0.1, -0.05) is 32.0 Å². The van der Waals surface area contributed by atoms with Crippen LogP contribution in [-0.4, -0.2) is 35.3 Å². The SMILES string of the molecule is COC(=O)[C@@]12C(=O)CC(C)(C)[C@@H]([C@H](O)[C@H]1Sc1ccccc1)C21CC1. The molecular formula is C20H24O4S. The topological polar surface area (TPSA) is 63.6 Å². The lowest BCUT2D eigenvalue weighted by atomic mass is 9.55. The van der Waals surface area contributed by atoms with Crippen LogP contribution in [0.25, 0.3) is 0 Å². The highest BCUT2D eigenvalue weighted by Gasteiger charge is 2.84. The summed E-state index contributed by atoms with van der Waals surface area (Å²) in [5.74, 6) is -0.568. The van der Waals surface area contributed by atoms with Gasteiger partial charge in [0.05, 0.1) is 18.5 Å². The average molecular weight is 360 g/mol. The molecule has 2 bridgehead atoms. The summed E-state index contributed by atoms with van der Waals surface area (Å²) in [5, 5.41) is 10.8. The van der Waals surface area contributed by atoms with E-state index in [1.54, 1.807) is 0 Å². The summed E-state index contributed by atoms with van der Waals surface area (Å²) in [4.78, 5) is 27.3. The van der Waals surface area contributed by atoms with Gasteiger partial charge in [-0.3, -0.25) is 9.59 Å². The number of ether oxygens (including phenoxy) is 1. The van der Waals surface area contributed by atoms with E-state index in [0.29, 0.717) is 6.42 Å². The molecular weight excluding hydrogens is 336 g/mol. The fraction of sp³-hybridized carbons (Fsp3) is 0.600. The molecule has 0 radical (unpaired) electrons. The van der Waals surface area contributed by atoms with E-state index in [-0.39, 0.29) is 17.1 Å². The van der Waals surface area contributed by atoms with Crippen LogP contribution in [0.15, 0.2) is 35.2 Å². The Bertz CT molecular complexity index is 724. The van der Waals surface area contributed by atoms with Crippen molar-refractivity contribution in [1.82, 2.24) is 0 Å². The Balaban J connectivity index is 1.88. The van der Waals surface area contributed by atoms with Gasteiger partial charge in [0.25, 0.3) is 0 Å². The molecule has 0 saturated heterocycles. The van der Waals surface area contributed by atoms with Gasteiger partial charge in [-0.15, -0.1) is 11.8 Å². The van der Waals surface area contributed by atoms with E-state index in [1.807, 2.05) is 30.3 Å². The largest absolute Gasteiger partial charge is 0.468 e. The molecule has 3 aliphatic carbocycles. The molecule has 0 unspecified atom stereocenters. The Hall–Kier alpha value is -1.33. The molecule has 134 valence electrons. The molecule has 0 heterocycles. The quantitative estimate of drug-likeness (QED) is 0.663. The van der Waals surface area contributed by atoms with Crippen LogP contribution in [0.5, 0.6) is 0 Å². The smallest absolute Gasteiger partial charge is 0.321 e. The third-order valence-electron chi connectivity index (χ3n) is 6.66. The molecule has 25 heavy (non-hydrogen) atoms. The molecule has 4 rings (SSSR count). The van der Waals surface area contributed by atoms with Gasteiger partial charge < -0.3 is 9.84 Å². The van der Waals surface area contributed by atoms with Gasteiger partial charge in [-0.05, 0) is 36.3 Å². The molecule has 3 aliphatic rings. The number of ketones is 1. The number of benzene rings is 1. The number of hydrogen-bond acceptors (Lipinski definition) is 5. The Labute approximate surface area is 152 Å². The van der Waals surface area contributed by atoms with Gasteiger partial charge in [0.15, 0.2) is 5.78 Å². The van der Waals surface area contributed by atoms with Crippen LogP contribution in [0.4, 0.5) is 0 Å². The third kappa shape index (κ3) is 2.00. The molecule has 1 N–H and O–H groups in total. The second-order valence-corrected chi connectivity index (χ2v) is 9.58. The molecule has 3 fully saturated rings. The molecule has 4 atom stereocenters. The number of aliphatic hydroxyl groups excluding tert-OH is 1. The van der Waals surface area contributed by atoms with Gasteiger partial charge in [0.1, 0.15) is 5.41 Å². The van der Waals surface area contributed by atoms with Crippen LogP contribution >= 0.6 is 11.8 Å². The maximum absolute atomic E-state index is 13.4. The van der Waals surface area contributed by atoms with Gasteiger partial charge in [-0.25, -0.2) is 0 Å². The second-order valence-electron chi connectivity index (χ2n) is 8.36. The predicted molar refractivity (Wildman–Crippen MR) is 95.1 cm³/mol. The highest BCUT2D eigenvalue weighted by molar-refractivity contribution is 8.00. The molecule has 4 nitrogen and oxygen atoms in total. The van der Waals surface area contributed by atoms with E-state index in [2.05, 4.69) is 13.8 Å². The number of rotatable bonds is 3. The van der Waals surface area contributed by atoms with Crippen molar-refractivity contribution in [1.29, 1.82) is 0 Å². The zero-order chi connectivity index (χ0) is 18.0. The number of carbonyl (C=O) groups is 2. The highest BCUT2D eigenvalue weighted by atomic mass is 32.2. The van der Waals surface area contributed by atoms with Crippen molar-refractivity contribution >= 4 is 23.5 Å². The van der Waals surface area contributed by atoms with E-state index >= 15 is 0 Å². The first-order chi connectivity index (χ1) is 11.8. The molecule has 1 aromatic rings. The van der Waals surface area contributed by atoms with E-state index < -0.39 is 28.2 Å². The summed E-state index contributed by atoms with van der Waals surface area (Å²) in [6, 6.07) is 9.71. The summed E-state index contributed by atoms with van der Waals surface area (Å²) in [6.45, 7) is 4.10. The van der Waals surface area contributed by atoms with E-state index in [4.69, 9.17) is 4.74 Å². The predicted octanol–water partition coefficient (Wildman–Crippen LogP) is 3.08. The molecule has 3 saturated carbocycles. The van der Waals surface area contributed by atoms with Crippen molar-refractivity contribution in [2.75, 3.05) is 7.11 Å². The summed E-state index contributed by atoms with van der Waals surface area (Å²) in [5.41, 5.74) is -1.97. The van der Waals surface area contributed by atoms with E-state index in [1.165, 1.54) is 18.9 Å². The maximum Gasteiger partial charge on any atom is 0.321 e. The lowest BCUT2D eigenvalue weighted by Gasteiger charge is -2.47. The molecule has 0 amide bonds. The fourth-order valence-electron chi connectivity index (χ4n) is 5.83. The number of aliphatic hydroxyl groups is 1. The average Bonchev–Trinajstić information content (AvgIpc) is 3.30. The first-order valence-corrected chi connectivity index (χ1v) is 9.71. The minimum atomic E-state index is -1.22. The number of thioether (sulfide) groups is 1. The van der Waals surface area contributed by atoms with Crippen molar-refractivity contribution in [2.24, 2.45) is 22.2 Å². The number of methoxy groups -OCH3 is 1. The molecule has 0 aromatic heterocycles. The summed E-state index contributed by atoms with van der Waals surface area (Å²) < 4.78 is 5.16. The number of carbonyl (C=O) groups excluding carboxylic acids is 2. The minimum Gasteiger partial charge on any atom is -0.468 e. The minimum absolute atomic E-state index is 0.0527. The zero-order valence-corrected chi connectivity index (χ0v) is 15.6. The Kier molecular flexibility index (Phi) is 3.65. The van der Waals surface area contributed by atoms with Crippen LogP contribution in [0.3, 0.4) is 0 Å². The zero-order valence-electron chi connectivity index (χ0n) is 14.8. The van der Waals surface area contributed by atoms with Crippen molar-refractivity contribution < 1.29 is 19.4 Å². The van der Waals surface area contributed by atoms with Crippen LogP contribution in [-0.2, 0) is 14.3 Å². The lowest BCUT2D eigenvalue weighted by Crippen LogP contribution is -2.56. The molecule has 1 aromatic carbocycles. The lowest BCUT2D eigenvalue weighted by molar-refractivity contribution is -0.168. The van der Waals surface area contributed by atoms with Gasteiger partial charge in [0.2, 0.25) is 0 Å². The number of hydrogen-bond donors (Lipinski definition) is 1. The van der Waals surface area contributed by atoms with E-state index in [9.17, 15) is 14.7 Å². The summed E-state index contributed by atoms with van der Waals surface area (Å²) >= 11 is 1.45. The van der Waals surface area contributed by atoms with Crippen LogP contribution in [0.1, 0.15) is 33.1 Å². The number of esters is 1. The van der Waals surface area contributed by atoms with Crippen molar-refractivity contribution in [3.63, 3.8) is 0 Å². The summed E-state index contributed by atoms with van der Waals surface area (Å²) in [6.07, 6.45) is 1.24. The van der Waals surface area contributed by atoms with Crippen LogP contribution < -0.4 is 0 Å². The standard InChI is InChI=1S/C20H24O4S/c1-18(2)11-13(21)20(17(23)24-3)16(25-12-7-5-4-6-8-12)14(22)15(18)19(20)9-10-19/h4-8,14-16,22H,9-11H2,1-3H3/t14-,15+,16+,20+/m0/s1. The first kappa shape index (κ1) is 17.1. The Morgan fingerprint density at radius 1 is 1.24 bits per heavy atom. The van der Waals surface area contributed by atoms with Gasteiger partial charge >= 0.3 is 5.97 Å². The Morgan fingerprint density at radius 2 is 1.88 bits per heavy atom. The van der Waals surface area contributed by atoms with Gasteiger partial charge in [-0.2, -0.15) is 0 Å². The molecule has 0 aliphatic heterocycles. The van der Waals surface area contributed by atoms with Crippen LogP contribution in [0.2, 0.25) is 0 Å². The third-order valence-corrected chi connectivity index (χ3v) is 8.09. The Morgan fingerprint density at radius 3 is 2.44 bits per heavy atom. The van der Waals surface area contributed by atoms with Crippen LogP contribution in [0, 0.1) is 22.2 Å². The highest BCUT2D eigenvalue weighted by Crippen LogP contribution is 2.79. The maximum atomic E-state index is 13.4. The first-order valence-electron chi connectivity index (χ1n) is 8.83. The van der Waals surface area contributed by atoms with Gasteiger partial charge in [0, 0.05) is 16.7 Å². The fourth-order valence-corrected chi connectivity index (χ4v) is 7.38. The number of Topliss-reactive ketones (excluding diaryl/α,β-unsaturated/α-hetero) is 1. The van der Waals surface area contributed by atoms with Crippen molar-refractivity contribution in [3.8, 4) is 0 Å². The monoisotopic (exact) mass is 360 g/mol. The van der Waals surface area contributed by atoms with Crippen molar-refractivity contribution in [2.45, 2.75) is 49.4 Å². The molecule has 1 spiro atoms. The second kappa shape index (κ2) is 5.34.